The van der Waals surface area contributed by atoms with Gasteiger partial charge in [-0.25, -0.2) is 4.98 Å². The lowest BCUT2D eigenvalue weighted by molar-refractivity contribution is -0.116. The van der Waals surface area contributed by atoms with Crippen LogP contribution >= 0.6 is 11.6 Å². The fourth-order valence-electron chi connectivity index (χ4n) is 3.20. The minimum atomic E-state index is -0.0624. The Balaban J connectivity index is 1.64. The lowest BCUT2D eigenvalue weighted by Gasteiger charge is -2.12. The van der Waals surface area contributed by atoms with Crippen LogP contribution in [0.1, 0.15) is 24.7 Å². The molecule has 0 saturated carbocycles. The lowest BCUT2D eigenvalue weighted by atomic mass is 10.2. The van der Waals surface area contributed by atoms with Crippen molar-refractivity contribution in [2.45, 2.75) is 33.2 Å². The number of halogens is 1. The Labute approximate surface area is 176 Å². The molecule has 0 aliphatic heterocycles. The molecule has 0 aliphatic carbocycles. The van der Waals surface area contributed by atoms with Gasteiger partial charge in [0.25, 0.3) is 0 Å². The first-order valence-electron chi connectivity index (χ1n) is 9.82. The largest absolute Gasteiger partial charge is 0.492 e. The van der Waals surface area contributed by atoms with Crippen molar-refractivity contribution in [1.29, 1.82) is 0 Å². The van der Waals surface area contributed by atoms with Crippen LogP contribution in [-0.2, 0) is 17.8 Å². The number of carbonyl (C=O) groups excluding carboxylic acids is 1. The Morgan fingerprint density at radius 2 is 2.10 bits per heavy atom. The highest BCUT2D eigenvalue weighted by Crippen LogP contribution is 2.22. The molecule has 2 aromatic carbocycles. The van der Waals surface area contributed by atoms with Gasteiger partial charge in [-0.05, 0) is 62.2 Å². The molecule has 1 N–H and O–H groups in total. The number of benzene rings is 2. The van der Waals surface area contributed by atoms with E-state index in [1.54, 1.807) is 6.08 Å². The Hall–Kier alpha value is -2.79. The van der Waals surface area contributed by atoms with Gasteiger partial charge in [0.05, 0.1) is 17.6 Å². The number of allylic oxidation sites excluding steroid dienone is 1. The molecule has 0 radical (unpaired) electrons. The van der Waals surface area contributed by atoms with Crippen LogP contribution in [0.3, 0.4) is 0 Å². The molecule has 0 saturated heterocycles. The van der Waals surface area contributed by atoms with Crippen LogP contribution in [0.4, 0.5) is 0 Å². The summed E-state index contributed by atoms with van der Waals surface area (Å²) >= 11 is 6.08. The monoisotopic (exact) mass is 411 g/mol. The first-order valence-corrected chi connectivity index (χ1v) is 10.2. The second-order valence-corrected chi connectivity index (χ2v) is 7.23. The molecule has 0 spiro atoms. The van der Waals surface area contributed by atoms with Gasteiger partial charge in [0.1, 0.15) is 18.2 Å². The molecule has 0 aliphatic rings. The third-order valence-electron chi connectivity index (χ3n) is 4.64. The quantitative estimate of drug-likeness (QED) is 0.410. The summed E-state index contributed by atoms with van der Waals surface area (Å²) in [6.07, 6.45) is 4.87. The van der Waals surface area contributed by atoms with Crippen molar-refractivity contribution in [2.24, 2.45) is 0 Å². The van der Waals surface area contributed by atoms with Crippen molar-refractivity contribution in [2.75, 3.05) is 13.2 Å². The summed E-state index contributed by atoms with van der Waals surface area (Å²) in [5, 5.41) is 3.62. The molecule has 3 aromatic rings. The standard InChI is InChI=1S/C23H26ClN3O2/c1-3-7-23(28)25-13-6-10-22-26-20-8-4-5-9-21(20)27(22)14-15-29-18-11-12-19(24)17(2)16-18/h3-5,7-9,11-12,16H,6,10,13-15H2,1-2H3,(H,25,28)/b7-3-. The number of imidazole rings is 1. The summed E-state index contributed by atoms with van der Waals surface area (Å²) in [5.41, 5.74) is 3.07. The number of nitrogens with zero attached hydrogens (tertiary/aromatic N) is 2. The van der Waals surface area contributed by atoms with E-state index < -0.39 is 0 Å². The molecular weight excluding hydrogens is 386 g/mol. The second-order valence-electron chi connectivity index (χ2n) is 6.82. The number of fused-ring (bicyclic) bond motifs is 1. The fourth-order valence-corrected chi connectivity index (χ4v) is 3.31. The average molecular weight is 412 g/mol. The van der Waals surface area contributed by atoms with Gasteiger partial charge in [0.15, 0.2) is 0 Å². The van der Waals surface area contributed by atoms with Crippen LogP contribution in [0.15, 0.2) is 54.6 Å². The molecule has 6 heteroatoms. The average Bonchev–Trinajstić information content (AvgIpc) is 3.06. The molecule has 0 fully saturated rings. The summed E-state index contributed by atoms with van der Waals surface area (Å²) in [6, 6.07) is 13.8. The van der Waals surface area contributed by atoms with Gasteiger partial charge in [-0.2, -0.15) is 0 Å². The predicted molar refractivity (Wildman–Crippen MR) is 118 cm³/mol. The number of rotatable bonds is 9. The van der Waals surface area contributed by atoms with Crippen LogP contribution in [-0.4, -0.2) is 28.6 Å². The summed E-state index contributed by atoms with van der Waals surface area (Å²) < 4.78 is 8.13. The number of hydrogen-bond donors (Lipinski definition) is 1. The molecule has 29 heavy (non-hydrogen) atoms. The molecule has 1 amide bonds. The zero-order valence-corrected chi connectivity index (χ0v) is 17.6. The van der Waals surface area contributed by atoms with Crippen LogP contribution in [0.25, 0.3) is 11.0 Å². The number of aromatic nitrogens is 2. The van der Waals surface area contributed by atoms with Gasteiger partial charge in [-0.1, -0.05) is 29.8 Å². The molecule has 0 atom stereocenters. The Morgan fingerprint density at radius 1 is 1.28 bits per heavy atom. The Kier molecular flexibility index (Phi) is 7.30. The minimum Gasteiger partial charge on any atom is -0.492 e. The molecule has 5 nitrogen and oxygen atoms in total. The van der Waals surface area contributed by atoms with E-state index >= 15 is 0 Å². The van der Waals surface area contributed by atoms with Gasteiger partial charge >= 0.3 is 0 Å². The van der Waals surface area contributed by atoms with Crippen molar-refractivity contribution in [3.8, 4) is 5.75 Å². The fraction of sp³-hybridized carbons (Fsp3) is 0.304. The summed E-state index contributed by atoms with van der Waals surface area (Å²) in [4.78, 5) is 16.3. The highest BCUT2D eigenvalue weighted by molar-refractivity contribution is 6.31. The van der Waals surface area contributed by atoms with E-state index in [0.29, 0.717) is 19.7 Å². The summed E-state index contributed by atoms with van der Waals surface area (Å²) in [6.45, 7) is 5.64. The van der Waals surface area contributed by atoms with Crippen LogP contribution in [0.2, 0.25) is 5.02 Å². The number of ether oxygens (including phenoxy) is 1. The van der Waals surface area contributed by atoms with Gasteiger partial charge in [0, 0.05) is 18.0 Å². The number of aryl methyl sites for hydroxylation is 2. The smallest absolute Gasteiger partial charge is 0.243 e. The Morgan fingerprint density at radius 3 is 2.90 bits per heavy atom. The van der Waals surface area contributed by atoms with E-state index in [-0.39, 0.29) is 5.91 Å². The summed E-state index contributed by atoms with van der Waals surface area (Å²) in [7, 11) is 0. The number of para-hydroxylation sites is 2. The first-order chi connectivity index (χ1) is 14.1. The number of nitrogens with one attached hydrogen (secondary N) is 1. The molecule has 1 aromatic heterocycles. The van der Waals surface area contributed by atoms with Crippen LogP contribution in [0.5, 0.6) is 5.75 Å². The van der Waals surface area contributed by atoms with Crippen molar-refractivity contribution in [3.05, 3.63) is 71.0 Å². The highest BCUT2D eigenvalue weighted by Gasteiger charge is 2.10. The zero-order valence-electron chi connectivity index (χ0n) is 16.8. The topological polar surface area (TPSA) is 56.2 Å². The number of hydrogen-bond acceptors (Lipinski definition) is 3. The zero-order chi connectivity index (χ0) is 20.6. The minimum absolute atomic E-state index is 0.0624. The maximum Gasteiger partial charge on any atom is 0.243 e. The highest BCUT2D eigenvalue weighted by atomic mass is 35.5. The lowest BCUT2D eigenvalue weighted by Crippen LogP contribution is -2.23. The molecule has 0 unspecified atom stereocenters. The maximum atomic E-state index is 11.5. The van der Waals surface area contributed by atoms with Gasteiger partial charge in [-0.3, -0.25) is 4.79 Å². The third-order valence-corrected chi connectivity index (χ3v) is 5.07. The van der Waals surface area contributed by atoms with Gasteiger partial charge in [-0.15, -0.1) is 0 Å². The number of amides is 1. The van der Waals surface area contributed by atoms with E-state index in [1.165, 1.54) is 6.08 Å². The van der Waals surface area contributed by atoms with Crippen molar-refractivity contribution in [1.82, 2.24) is 14.9 Å². The van der Waals surface area contributed by atoms with Crippen molar-refractivity contribution >= 4 is 28.5 Å². The van der Waals surface area contributed by atoms with E-state index in [2.05, 4.69) is 16.0 Å². The van der Waals surface area contributed by atoms with E-state index in [1.807, 2.05) is 50.2 Å². The first kappa shape index (κ1) is 20.9. The molecule has 3 rings (SSSR count). The normalized spacial score (nSPS) is 11.3. The Bertz CT molecular complexity index is 1010. The van der Waals surface area contributed by atoms with Gasteiger partial charge < -0.3 is 14.6 Å². The van der Waals surface area contributed by atoms with Gasteiger partial charge in [0.2, 0.25) is 5.91 Å². The van der Waals surface area contributed by atoms with E-state index in [9.17, 15) is 4.79 Å². The molecule has 152 valence electrons. The number of carbonyl (C=O) groups is 1. The summed E-state index contributed by atoms with van der Waals surface area (Å²) in [5.74, 6) is 1.75. The second kappa shape index (κ2) is 10.1. The van der Waals surface area contributed by atoms with E-state index in [0.717, 1.165) is 46.0 Å². The molecular formula is C23H26ClN3O2. The molecule has 0 bridgehead atoms. The maximum absolute atomic E-state index is 11.5. The predicted octanol–water partition coefficient (Wildman–Crippen LogP) is 4.70. The SMILES string of the molecule is C/C=C\C(=O)NCCCc1nc2ccccc2n1CCOc1ccc(Cl)c(C)c1. The van der Waals surface area contributed by atoms with Crippen LogP contribution < -0.4 is 10.1 Å². The van der Waals surface area contributed by atoms with Crippen LogP contribution in [0, 0.1) is 6.92 Å². The third kappa shape index (κ3) is 5.61. The molecule has 1 heterocycles. The van der Waals surface area contributed by atoms with Crippen molar-refractivity contribution in [3.63, 3.8) is 0 Å². The van der Waals surface area contributed by atoms with Crippen molar-refractivity contribution < 1.29 is 9.53 Å². The van der Waals surface area contributed by atoms with E-state index in [4.69, 9.17) is 21.3 Å².